The van der Waals surface area contributed by atoms with Crippen molar-refractivity contribution in [3.63, 3.8) is 0 Å². The molecule has 1 aromatic carbocycles. The summed E-state index contributed by atoms with van der Waals surface area (Å²) < 4.78 is 15.8. The Hall–Kier alpha value is -1.62. The third kappa shape index (κ3) is 3.44. The van der Waals surface area contributed by atoms with Gasteiger partial charge in [-0.25, -0.2) is 4.39 Å². The monoisotopic (exact) mass is 324 g/mol. The molecule has 2 rings (SSSR count). The number of nitrogens with zero attached hydrogens (tertiary/aromatic N) is 1. The zero-order valence-electron chi connectivity index (χ0n) is 10.5. The van der Waals surface area contributed by atoms with Crippen molar-refractivity contribution in [3.05, 3.63) is 62.7 Å². The molecule has 1 aromatic heterocycles. The Balaban J connectivity index is 2.04. The van der Waals surface area contributed by atoms with E-state index in [0.717, 1.165) is 4.47 Å². The van der Waals surface area contributed by atoms with Gasteiger partial charge in [0.15, 0.2) is 0 Å². The second-order valence-electron chi connectivity index (χ2n) is 4.25. The minimum atomic E-state index is -0.291. The predicted octanol–water partition coefficient (Wildman–Crippen LogP) is 3.17. The molecule has 0 saturated heterocycles. The Kier molecular flexibility index (Phi) is 4.37. The lowest BCUT2D eigenvalue weighted by Gasteiger charge is -2.10. The maximum atomic E-state index is 13.4. The van der Waals surface area contributed by atoms with Crippen molar-refractivity contribution >= 4 is 21.6 Å². The number of rotatable bonds is 4. The standard InChI is InChI=1S/C14H14BrFN2O/c1-10-8-11(15)9-18(14(10)19)7-6-17-13-5-3-2-4-12(13)16/h2-5,8-9,17H,6-7H2,1H3. The van der Waals surface area contributed by atoms with Gasteiger partial charge in [0.25, 0.3) is 5.56 Å². The smallest absolute Gasteiger partial charge is 0.253 e. The zero-order chi connectivity index (χ0) is 13.8. The van der Waals surface area contributed by atoms with E-state index in [1.54, 1.807) is 42.0 Å². The van der Waals surface area contributed by atoms with Crippen LogP contribution in [0.4, 0.5) is 10.1 Å². The lowest BCUT2D eigenvalue weighted by molar-refractivity contribution is 0.626. The number of hydrogen-bond acceptors (Lipinski definition) is 2. The van der Waals surface area contributed by atoms with Crippen molar-refractivity contribution in [2.75, 3.05) is 11.9 Å². The molecule has 1 heterocycles. The van der Waals surface area contributed by atoms with Crippen LogP contribution >= 0.6 is 15.9 Å². The summed E-state index contributed by atoms with van der Waals surface area (Å²) in [7, 11) is 0. The molecule has 0 aliphatic rings. The minimum Gasteiger partial charge on any atom is -0.381 e. The summed E-state index contributed by atoms with van der Waals surface area (Å²) in [6.07, 6.45) is 1.73. The first-order valence-electron chi connectivity index (χ1n) is 5.93. The fourth-order valence-corrected chi connectivity index (χ4v) is 2.41. The zero-order valence-corrected chi connectivity index (χ0v) is 12.1. The Morgan fingerprint density at radius 2 is 2.11 bits per heavy atom. The topological polar surface area (TPSA) is 34.0 Å². The first-order valence-corrected chi connectivity index (χ1v) is 6.72. The van der Waals surface area contributed by atoms with Gasteiger partial charge in [-0.05, 0) is 41.1 Å². The van der Waals surface area contributed by atoms with Gasteiger partial charge in [-0.15, -0.1) is 0 Å². The van der Waals surface area contributed by atoms with E-state index in [0.29, 0.717) is 24.3 Å². The summed E-state index contributed by atoms with van der Waals surface area (Å²) in [4.78, 5) is 11.9. The summed E-state index contributed by atoms with van der Waals surface area (Å²) in [5.41, 5.74) is 1.10. The maximum Gasteiger partial charge on any atom is 0.253 e. The number of pyridine rings is 1. The van der Waals surface area contributed by atoms with Gasteiger partial charge in [0.1, 0.15) is 5.82 Å². The number of nitrogens with one attached hydrogen (secondary N) is 1. The fourth-order valence-electron chi connectivity index (χ4n) is 1.82. The highest BCUT2D eigenvalue weighted by atomic mass is 79.9. The number of hydrogen-bond donors (Lipinski definition) is 1. The van der Waals surface area contributed by atoms with Crippen LogP contribution in [-0.2, 0) is 6.54 Å². The molecule has 19 heavy (non-hydrogen) atoms. The van der Waals surface area contributed by atoms with E-state index in [4.69, 9.17) is 0 Å². The van der Waals surface area contributed by atoms with Crippen molar-refractivity contribution in [1.29, 1.82) is 0 Å². The van der Waals surface area contributed by atoms with Crippen LogP contribution in [0.3, 0.4) is 0 Å². The van der Waals surface area contributed by atoms with E-state index in [1.165, 1.54) is 6.07 Å². The van der Waals surface area contributed by atoms with Crippen LogP contribution in [-0.4, -0.2) is 11.1 Å². The lowest BCUT2D eigenvalue weighted by atomic mass is 10.3. The van der Waals surface area contributed by atoms with Crippen LogP contribution in [0.25, 0.3) is 0 Å². The predicted molar refractivity (Wildman–Crippen MR) is 78.0 cm³/mol. The first kappa shape index (κ1) is 13.8. The molecule has 3 nitrogen and oxygen atoms in total. The van der Waals surface area contributed by atoms with Crippen LogP contribution in [0, 0.1) is 12.7 Å². The highest BCUT2D eigenvalue weighted by Crippen LogP contribution is 2.12. The van der Waals surface area contributed by atoms with Crippen molar-refractivity contribution in [1.82, 2.24) is 4.57 Å². The Morgan fingerprint density at radius 3 is 2.84 bits per heavy atom. The van der Waals surface area contributed by atoms with Crippen LogP contribution in [0.1, 0.15) is 5.56 Å². The second-order valence-corrected chi connectivity index (χ2v) is 5.16. The third-order valence-corrected chi connectivity index (χ3v) is 3.21. The molecular formula is C14H14BrFN2O. The summed E-state index contributed by atoms with van der Waals surface area (Å²) in [5.74, 6) is -0.291. The van der Waals surface area contributed by atoms with E-state index in [-0.39, 0.29) is 11.4 Å². The second kappa shape index (κ2) is 6.02. The molecule has 0 aliphatic carbocycles. The third-order valence-electron chi connectivity index (χ3n) is 2.77. The van der Waals surface area contributed by atoms with Crippen molar-refractivity contribution in [2.24, 2.45) is 0 Å². The van der Waals surface area contributed by atoms with Crippen LogP contribution in [0.15, 0.2) is 45.8 Å². The highest BCUT2D eigenvalue weighted by Gasteiger charge is 2.03. The summed E-state index contributed by atoms with van der Waals surface area (Å²) >= 11 is 3.36. The van der Waals surface area contributed by atoms with Gasteiger partial charge >= 0.3 is 0 Å². The van der Waals surface area contributed by atoms with Gasteiger partial charge < -0.3 is 9.88 Å². The maximum absolute atomic E-state index is 13.4. The molecule has 1 N–H and O–H groups in total. The first-order chi connectivity index (χ1) is 9.08. The van der Waals surface area contributed by atoms with Crippen LogP contribution < -0.4 is 10.9 Å². The van der Waals surface area contributed by atoms with Crippen molar-refractivity contribution < 1.29 is 4.39 Å². The van der Waals surface area contributed by atoms with Gasteiger partial charge in [-0.3, -0.25) is 4.79 Å². The Labute approximate surface area is 119 Å². The van der Waals surface area contributed by atoms with E-state index >= 15 is 0 Å². The molecule has 100 valence electrons. The summed E-state index contributed by atoms with van der Waals surface area (Å²) in [6, 6.07) is 8.26. The van der Waals surface area contributed by atoms with Gasteiger partial charge in [-0.2, -0.15) is 0 Å². The minimum absolute atomic E-state index is 0.0291. The molecular weight excluding hydrogens is 311 g/mol. The lowest BCUT2D eigenvalue weighted by Crippen LogP contribution is -2.25. The van der Waals surface area contributed by atoms with Gasteiger partial charge in [0.2, 0.25) is 0 Å². The number of para-hydroxylation sites is 1. The molecule has 5 heteroatoms. The van der Waals surface area contributed by atoms with Gasteiger partial charge in [-0.1, -0.05) is 12.1 Å². The van der Waals surface area contributed by atoms with E-state index < -0.39 is 0 Å². The van der Waals surface area contributed by atoms with Crippen LogP contribution in [0.5, 0.6) is 0 Å². The Bertz CT molecular complexity index is 640. The SMILES string of the molecule is Cc1cc(Br)cn(CCNc2ccccc2F)c1=O. The molecule has 0 spiro atoms. The Morgan fingerprint density at radius 1 is 1.37 bits per heavy atom. The molecule has 0 amide bonds. The molecule has 2 aromatic rings. The molecule has 0 radical (unpaired) electrons. The molecule has 0 atom stereocenters. The summed E-state index contributed by atoms with van der Waals surface area (Å²) in [5, 5.41) is 2.98. The normalized spacial score (nSPS) is 10.5. The average Bonchev–Trinajstić information content (AvgIpc) is 2.37. The number of aryl methyl sites for hydroxylation is 1. The molecule has 0 unspecified atom stereocenters. The van der Waals surface area contributed by atoms with Crippen LogP contribution in [0.2, 0.25) is 0 Å². The van der Waals surface area contributed by atoms with Gasteiger partial charge in [0, 0.05) is 29.3 Å². The number of halogens is 2. The average molecular weight is 325 g/mol. The number of benzene rings is 1. The van der Waals surface area contributed by atoms with E-state index in [2.05, 4.69) is 21.2 Å². The quantitative estimate of drug-likeness (QED) is 0.937. The van der Waals surface area contributed by atoms with E-state index in [9.17, 15) is 9.18 Å². The molecule has 0 aliphatic heterocycles. The van der Waals surface area contributed by atoms with Crippen molar-refractivity contribution in [3.8, 4) is 0 Å². The van der Waals surface area contributed by atoms with Gasteiger partial charge in [0.05, 0.1) is 5.69 Å². The number of anilines is 1. The molecule has 0 fully saturated rings. The highest BCUT2D eigenvalue weighted by molar-refractivity contribution is 9.10. The largest absolute Gasteiger partial charge is 0.381 e. The molecule has 0 saturated carbocycles. The number of aromatic nitrogens is 1. The van der Waals surface area contributed by atoms with E-state index in [1.807, 2.05) is 0 Å². The summed E-state index contributed by atoms with van der Waals surface area (Å²) in [6.45, 7) is 2.73. The molecule has 0 bridgehead atoms. The van der Waals surface area contributed by atoms with Crippen molar-refractivity contribution in [2.45, 2.75) is 13.5 Å². The fraction of sp³-hybridized carbons (Fsp3) is 0.214.